The molecule has 2 aromatic heterocycles. The van der Waals surface area contributed by atoms with E-state index in [9.17, 15) is 0 Å². The summed E-state index contributed by atoms with van der Waals surface area (Å²) < 4.78 is 6.37. The first-order valence-electron chi connectivity index (χ1n) is 22.8. The maximum absolute atomic E-state index is 6.37. The number of fused-ring (bicyclic) bond motifs is 6. The third-order valence-electron chi connectivity index (χ3n) is 13.3. The quantitative estimate of drug-likeness (QED) is 0.118. The second-order valence-corrected chi connectivity index (χ2v) is 17.2. The van der Waals surface area contributed by atoms with E-state index < -0.39 is 0 Å². The summed E-state index contributed by atoms with van der Waals surface area (Å²) in [5, 5.41) is 11.0. The molecule has 0 amide bonds. The number of hydrogen-bond acceptors (Lipinski definition) is 3. The first-order chi connectivity index (χ1) is 33.2. The molecule has 0 saturated carbocycles. The SMILES string of the molecule is c1ccc(-c2nc(-c3ccc(-c4ccc5cc(-c6c7ccccc7c(-c7ccccc7)c7ccc8ccccc8c67)ccc5c4)cc3)cc(-c3ccccc3-c3cc4ccccc4o3)n2)cc1. The van der Waals surface area contributed by atoms with Gasteiger partial charge in [-0.3, -0.25) is 0 Å². The second-order valence-electron chi connectivity index (χ2n) is 17.2. The molecule has 0 fully saturated rings. The van der Waals surface area contributed by atoms with Gasteiger partial charge in [-0.15, -0.1) is 0 Å². The Bertz CT molecular complexity index is 3990. The molecule has 2 heterocycles. The van der Waals surface area contributed by atoms with Gasteiger partial charge in [-0.25, -0.2) is 9.97 Å². The average Bonchev–Trinajstić information content (AvgIpc) is 3.85. The molecule has 0 bridgehead atoms. The Labute approximate surface area is 387 Å². The largest absolute Gasteiger partial charge is 0.456 e. The maximum atomic E-state index is 6.37. The Morgan fingerprint density at radius 3 is 1.60 bits per heavy atom. The highest BCUT2D eigenvalue weighted by molar-refractivity contribution is 6.28. The first-order valence-corrected chi connectivity index (χ1v) is 22.8. The van der Waals surface area contributed by atoms with E-state index in [1.165, 1.54) is 65.3 Å². The van der Waals surface area contributed by atoms with Gasteiger partial charge in [0.05, 0.1) is 11.4 Å². The normalized spacial score (nSPS) is 11.6. The van der Waals surface area contributed by atoms with Crippen molar-refractivity contribution in [2.45, 2.75) is 0 Å². The van der Waals surface area contributed by atoms with Crippen LogP contribution in [-0.4, -0.2) is 9.97 Å². The van der Waals surface area contributed by atoms with Crippen molar-refractivity contribution in [1.29, 1.82) is 0 Å². The summed E-state index contributed by atoms with van der Waals surface area (Å²) >= 11 is 0. The molecule has 0 saturated heterocycles. The van der Waals surface area contributed by atoms with Crippen LogP contribution in [0.25, 0.3) is 133 Å². The Morgan fingerprint density at radius 1 is 0.284 bits per heavy atom. The lowest BCUT2D eigenvalue weighted by molar-refractivity contribution is 0.632. The highest BCUT2D eigenvalue weighted by Gasteiger charge is 2.20. The standard InChI is InChI=1S/C64H40N2O/c1-3-16-44(17-4-1)61-54-24-12-13-25-55(54)62(63-51-21-9-7-15-42(51)35-36-56(61)63)50-34-33-47-37-46(31-32-48(47)38-50)41-27-29-43(30-28-41)57-40-58(66-64(65-57)45-18-5-2-6-19-45)52-22-10-11-23-53(52)60-39-49-20-8-14-26-59(49)67-60/h1-40H. The van der Waals surface area contributed by atoms with Crippen molar-refractivity contribution in [3.8, 4) is 78.6 Å². The topological polar surface area (TPSA) is 38.9 Å². The monoisotopic (exact) mass is 852 g/mol. The zero-order valence-corrected chi connectivity index (χ0v) is 36.4. The Hall–Kier alpha value is -8.92. The van der Waals surface area contributed by atoms with Crippen LogP contribution in [0.5, 0.6) is 0 Å². The van der Waals surface area contributed by atoms with E-state index in [0.717, 1.165) is 61.5 Å². The number of para-hydroxylation sites is 1. The van der Waals surface area contributed by atoms with Crippen LogP contribution < -0.4 is 0 Å². The Kier molecular flexibility index (Phi) is 9.17. The lowest BCUT2D eigenvalue weighted by atomic mass is 9.83. The van der Waals surface area contributed by atoms with E-state index in [4.69, 9.17) is 14.4 Å². The van der Waals surface area contributed by atoms with Crippen molar-refractivity contribution in [1.82, 2.24) is 9.97 Å². The van der Waals surface area contributed by atoms with Crippen molar-refractivity contribution >= 4 is 54.1 Å². The van der Waals surface area contributed by atoms with Gasteiger partial charge in [0.2, 0.25) is 0 Å². The fraction of sp³-hybridized carbons (Fsp3) is 0. The maximum Gasteiger partial charge on any atom is 0.160 e. The van der Waals surface area contributed by atoms with Crippen LogP contribution in [0.2, 0.25) is 0 Å². The van der Waals surface area contributed by atoms with Crippen LogP contribution >= 0.6 is 0 Å². The molecular weight excluding hydrogens is 813 g/mol. The average molecular weight is 853 g/mol. The highest BCUT2D eigenvalue weighted by atomic mass is 16.3. The molecule has 3 nitrogen and oxygen atoms in total. The van der Waals surface area contributed by atoms with E-state index >= 15 is 0 Å². The molecule has 312 valence electrons. The fourth-order valence-corrected chi connectivity index (χ4v) is 10.1. The number of nitrogens with zero attached hydrogens (tertiary/aromatic N) is 2. The van der Waals surface area contributed by atoms with E-state index in [2.05, 4.69) is 200 Å². The van der Waals surface area contributed by atoms with Gasteiger partial charge in [0.15, 0.2) is 5.82 Å². The molecule has 0 radical (unpaired) electrons. The van der Waals surface area contributed by atoms with E-state index in [1.54, 1.807) is 0 Å². The fourth-order valence-electron chi connectivity index (χ4n) is 10.1. The minimum atomic E-state index is 0.673. The van der Waals surface area contributed by atoms with Crippen LogP contribution in [0.4, 0.5) is 0 Å². The second kappa shape index (κ2) is 16.0. The molecule has 13 rings (SSSR count). The highest BCUT2D eigenvalue weighted by Crippen LogP contribution is 2.47. The third-order valence-corrected chi connectivity index (χ3v) is 13.3. The molecule has 11 aromatic carbocycles. The van der Waals surface area contributed by atoms with Gasteiger partial charge in [0.25, 0.3) is 0 Å². The predicted octanol–water partition coefficient (Wildman–Crippen LogP) is 17.5. The van der Waals surface area contributed by atoms with Gasteiger partial charge in [0.1, 0.15) is 11.3 Å². The van der Waals surface area contributed by atoms with Crippen molar-refractivity contribution in [3.63, 3.8) is 0 Å². The number of rotatable bonds is 7. The summed E-state index contributed by atoms with van der Waals surface area (Å²) in [6, 6.07) is 86.5. The minimum Gasteiger partial charge on any atom is -0.456 e. The number of furan rings is 1. The lowest BCUT2D eigenvalue weighted by Gasteiger charge is -2.19. The van der Waals surface area contributed by atoms with E-state index in [0.29, 0.717) is 5.82 Å². The summed E-state index contributed by atoms with van der Waals surface area (Å²) in [5.74, 6) is 1.48. The molecule has 0 aliphatic heterocycles. The number of hydrogen-bond donors (Lipinski definition) is 0. The summed E-state index contributed by atoms with van der Waals surface area (Å²) in [6.07, 6.45) is 0. The zero-order chi connectivity index (χ0) is 44.3. The molecule has 0 aliphatic carbocycles. The van der Waals surface area contributed by atoms with Crippen molar-refractivity contribution in [2.24, 2.45) is 0 Å². The van der Waals surface area contributed by atoms with Crippen LogP contribution in [0.1, 0.15) is 0 Å². The molecule has 0 spiro atoms. The number of aromatic nitrogens is 2. The number of benzene rings is 11. The molecule has 13 aromatic rings. The minimum absolute atomic E-state index is 0.673. The molecule has 0 atom stereocenters. The molecular formula is C64H40N2O. The van der Waals surface area contributed by atoms with Crippen molar-refractivity contribution < 1.29 is 4.42 Å². The zero-order valence-electron chi connectivity index (χ0n) is 36.4. The summed E-state index contributed by atoms with van der Waals surface area (Å²) in [4.78, 5) is 10.3. The smallest absolute Gasteiger partial charge is 0.160 e. The Balaban J connectivity index is 0.887. The van der Waals surface area contributed by atoms with Gasteiger partial charge in [-0.2, -0.15) is 0 Å². The van der Waals surface area contributed by atoms with E-state index in [1.807, 2.05) is 42.5 Å². The molecule has 0 unspecified atom stereocenters. The third kappa shape index (κ3) is 6.76. The van der Waals surface area contributed by atoms with E-state index in [-0.39, 0.29) is 0 Å². The van der Waals surface area contributed by atoms with Gasteiger partial charge in [0, 0.05) is 27.6 Å². The van der Waals surface area contributed by atoms with Gasteiger partial charge < -0.3 is 4.42 Å². The molecule has 0 aliphatic rings. The Morgan fingerprint density at radius 2 is 0.836 bits per heavy atom. The van der Waals surface area contributed by atoms with Crippen LogP contribution in [-0.2, 0) is 0 Å². The van der Waals surface area contributed by atoms with Crippen LogP contribution in [0, 0.1) is 0 Å². The molecule has 0 N–H and O–H groups in total. The summed E-state index contributed by atoms with van der Waals surface area (Å²) in [6.45, 7) is 0. The molecule has 67 heavy (non-hydrogen) atoms. The first kappa shape index (κ1) is 38.5. The van der Waals surface area contributed by atoms with Crippen molar-refractivity contribution in [3.05, 3.63) is 243 Å². The predicted molar refractivity (Wildman–Crippen MR) is 280 cm³/mol. The van der Waals surface area contributed by atoms with Crippen molar-refractivity contribution in [2.75, 3.05) is 0 Å². The van der Waals surface area contributed by atoms with Crippen LogP contribution in [0.15, 0.2) is 247 Å². The van der Waals surface area contributed by atoms with Gasteiger partial charge >= 0.3 is 0 Å². The van der Waals surface area contributed by atoms with Gasteiger partial charge in [-0.05, 0) is 107 Å². The summed E-state index contributed by atoms with van der Waals surface area (Å²) in [7, 11) is 0. The van der Waals surface area contributed by atoms with Crippen LogP contribution in [0.3, 0.4) is 0 Å². The lowest BCUT2D eigenvalue weighted by Crippen LogP contribution is -1.97. The molecule has 3 heteroatoms. The summed E-state index contributed by atoms with van der Waals surface area (Å²) in [5.41, 5.74) is 13.8. The van der Waals surface area contributed by atoms with Gasteiger partial charge in [-0.1, -0.05) is 212 Å².